The van der Waals surface area contributed by atoms with Crippen molar-refractivity contribution in [2.45, 2.75) is 30.2 Å². The van der Waals surface area contributed by atoms with Crippen molar-refractivity contribution in [3.8, 4) is 5.75 Å². The van der Waals surface area contributed by atoms with Crippen molar-refractivity contribution in [1.29, 1.82) is 0 Å². The second-order valence-electron chi connectivity index (χ2n) is 5.44. The monoisotopic (exact) mass is 316 g/mol. The average Bonchev–Trinajstić information content (AvgIpc) is 2.45. The SMILES string of the molecule is CC(CO)(CO)NS(=O)(=O)c1cc(N)cc2c1OCCC2. The third-order valence-electron chi connectivity index (χ3n) is 3.36. The summed E-state index contributed by atoms with van der Waals surface area (Å²) in [5.74, 6) is 0.293. The highest BCUT2D eigenvalue weighted by atomic mass is 32.2. The van der Waals surface area contributed by atoms with Gasteiger partial charge in [0.15, 0.2) is 0 Å². The molecule has 2 rings (SSSR count). The summed E-state index contributed by atoms with van der Waals surface area (Å²) in [6.07, 6.45) is 1.49. The molecule has 0 radical (unpaired) electrons. The van der Waals surface area contributed by atoms with Gasteiger partial charge in [0.2, 0.25) is 10.0 Å². The summed E-state index contributed by atoms with van der Waals surface area (Å²) in [6.45, 7) is 0.781. The van der Waals surface area contributed by atoms with Crippen LogP contribution in [0.15, 0.2) is 17.0 Å². The summed E-state index contributed by atoms with van der Waals surface area (Å²) in [7, 11) is -3.98. The maximum absolute atomic E-state index is 12.5. The number of nitrogens with one attached hydrogen (secondary N) is 1. The lowest BCUT2D eigenvalue weighted by Gasteiger charge is -2.27. The Morgan fingerprint density at radius 3 is 2.67 bits per heavy atom. The molecule has 0 saturated carbocycles. The van der Waals surface area contributed by atoms with Gasteiger partial charge in [-0.1, -0.05) is 0 Å². The summed E-state index contributed by atoms with van der Waals surface area (Å²) in [6, 6.07) is 3.02. The van der Waals surface area contributed by atoms with Gasteiger partial charge < -0.3 is 20.7 Å². The number of anilines is 1. The largest absolute Gasteiger partial charge is 0.492 e. The van der Waals surface area contributed by atoms with Crippen LogP contribution in [0.3, 0.4) is 0 Å². The lowest BCUT2D eigenvalue weighted by atomic mass is 10.1. The Hall–Kier alpha value is -1.35. The number of nitrogens with two attached hydrogens (primary N) is 1. The summed E-state index contributed by atoms with van der Waals surface area (Å²) in [5, 5.41) is 18.5. The molecule has 1 aliphatic heterocycles. The van der Waals surface area contributed by atoms with Crippen LogP contribution in [0, 0.1) is 0 Å². The molecule has 0 fully saturated rings. The second kappa shape index (κ2) is 5.80. The number of aliphatic hydroxyl groups excluding tert-OH is 2. The van der Waals surface area contributed by atoms with Crippen LogP contribution >= 0.6 is 0 Å². The molecular weight excluding hydrogens is 296 g/mol. The number of sulfonamides is 1. The van der Waals surface area contributed by atoms with Crippen LogP contribution < -0.4 is 15.2 Å². The molecule has 1 aromatic carbocycles. The van der Waals surface area contributed by atoms with Crippen molar-refractivity contribution < 1.29 is 23.4 Å². The smallest absolute Gasteiger partial charge is 0.244 e. The Balaban J connectivity index is 2.47. The normalized spacial score (nSPS) is 15.4. The Labute approximate surface area is 123 Å². The Morgan fingerprint density at radius 1 is 1.38 bits per heavy atom. The van der Waals surface area contributed by atoms with E-state index in [4.69, 9.17) is 10.5 Å². The molecule has 1 aromatic rings. The molecule has 0 unspecified atom stereocenters. The van der Waals surface area contributed by atoms with Crippen LogP contribution in [0.4, 0.5) is 5.69 Å². The van der Waals surface area contributed by atoms with Gasteiger partial charge in [0.1, 0.15) is 10.6 Å². The van der Waals surface area contributed by atoms with Crippen molar-refractivity contribution in [3.05, 3.63) is 17.7 Å². The first kappa shape index (κ1) is 16.0. The van der Waals surface area contributed by atoms with E-state index in [2.05, 4.69) is 4.72 Å². The molecule has 0 spiro atoms. The maximum atomic E-state index is 12.5. The minimum Gasteiger partial charge on any atom is -0.492 e. The lowest BCUT2D eigenvalue weighted by Crippen LogP contribution is -2.51. The molecule has 5 N–H and O–H groups in total. The minimum atomic E-state index is -3.98. The standard InChI is InChI=1S/C13H20N2O5S/c1-13(7-16,8-17)15-21(18,19)11-6-10(14)5-9-3-2-4-20-12(9)11/h5-6,15-17H,2-4,7-8,14H2,1H3. The van der Waals surface area contributed by atoms with Crippen molar-refractivity contribution in [2.24, 2.45) is 0 Å². The van der Waals surface area contributed by atoms with Gasteiger partial charge in [-0.05, 0) is 37.5 Å². The van der Waals surface area contributed by atoms with Crippen LogP contribution in [0.5, 0.6) is 5.75 Å². The summed E-state index contributed by atoms with van der Waals surface area (Å²) in [4.78, 5) is -0.0645. The highest BCUT2D eigenvalue weighted by Crippen LogP contribution is 2.34. The van der Waals surface area contributed by atoms with Gasteiger partial charge in [-0.25, -0.2) is 13.1 Å². The predicted octanol–water partition coefficient (Wildman–Crippen LogP) is -0.385. The molecule has 21 heavy (non-hydrogen) atoms. The number of nitrogen functional groups attached to an aromatic ring is 1. The highest BCUT2D eigenvalue weighted by Gasteiger charge is 2.33. The molecular formula is C13H20N2O5S. The van der Waals surface area contributed by atoms with Crippen molar-refractivity contribution in [1.82, 2.24) is 4.72 Å². The third kappa shape index (κ3) is 3.29. The highest BCUT2D eigenvalue weighted by molar-refractivity contribution is 7.89. The van der Waals surface area contributed by atoms with E-state index in [-0.39, 0.29) is 4.90 Å². The number of rotatable bonds is 5. The van der Waals surface area contributed by atoms with Gasteiger partial charge in [-0.2, -0.15) is 0 Å². The minimum absolute atomic E-state index is 0.0645. The number of benzene rings is 1. The zero-order valence-corrected chi connectivity index (χ0v) is 12.6. The molecule has 0 atom stereocenters. The first-order valence-electron chi connectivity index (χ1n) is 6.62. The maximum Gasteiger partial charge on any atom is 0.244 e. The number of aryl methyl sites for hydroxylation is 1. The second-order valence-corrected chi connectivity index (χ2v) is 7.09. The van der Waals surface area contributed by atoms with Gasteiger partial charge in [-0.3, -0.25) is 0 Å². The van der Waals surface area contributed by atoms with Gasteiger partial charge in [0, 0.05) is 5.69 Å². The number of hydrogen-bond donors (Lipinski definition) is 4. The Bertz CT molecular complexity index is 626. The number of fused-ring (bicyclic) bond motifs is 1. The first-order chi connectivity index (χ1) is 9.81. The van der Waals surface area contributed by atoms with Gasteiger partial charge in [0.05, 0.1) is 25.4 Å². The van der Waals surface area contributed by atoms with E-state index in [9.17, 15) is 18.6 Å². The fraction of sp³-hybridized carbons (Fsp3) is 0.538. The number of aliphatic hydroxyl groups is 2. The van der Waals surface area contributed by atoms with Gasteiger partial charge >= 0.3 is 0 Å². The average molecular weight is 316 g/mol. The molecule has 0 aliphatic carbocycles. The van der Waals surface area contributed by atoms with Crippen molar-refractivity contribution in [2.75, 3.05) is 25.6 Å². The topological polar surface area (TPSA) is 122 Å². The summed E-state index contributed by atoms with van der Waals surface area (Å²) >= 11 is 0. The van der Waals surface area contributed by atoms with Crippen molar-refractivity contribution >= 4 is 15.7 Å². The van der Waals surface area contributed by atoms with Gasteiger partial charge in [0.25, 0.3) is 0 Å². The fourth-order valence-electron chi connectivity index (χ4n) is 2.16. The molecule has 0 saturated heterocycles. The molecule has 0 aromatic heterocycles. The van der Waals surface area contributed by atoms with E-state index in [0.29, 0.717) is 24.5 Å². The van der Waals surface area contributed by atoms with E-state index < -0.39 is 28.8 Å². The van der Waals surface area contributed by atoms with E-state index in [1.807, 2.05) is 0 Å². The molecule has 1 heterocycles. The van der Waals surface area contributed by atoms with E-state index in [1.54, 1.807) is 6.07 Å². The van der Waals surface area contributed by atoms with Crippen LogP contribution in [0.25, 0.3) is 0 Å². The Morgan fingerprint density at radius 2 is 2.05 bits per heavy atom. The molecule has 8 heteroatoms. The third-order valence-corrected chi connectivity index (χ3v) is 5.00. The zero-order valence-electron chi connectivity index (χ0n) is 11.8. The van der Waals surface area contributed by atoms with E-state index >= 15 is 0 Å². The predicted molar refractivity (Wildman–Crippen MR) is 77.6 cm³/mol. The fourth-order valence-corrected chi connectivity index (χ4v) is 3.78. The zero-order chi connectivity index (χ0) is 15.7. The lowest BCUT2D eigenvalue weighted by molar-refractivity contribution is 0.121. The summed E-state index contributed by atoms with van der Waals surface area (Å²) < 4.78 is 32.8. The molecule has 0 bridgehead atoms. The van der Waals surface area contributed by atoms with Crippen LogP contribution in [0.2, 0.25) is 0 Å². The van der Waals surface area contributed by atoms with Crippen LogP contribution in [-0.4, -0.2) is 44.0 Å². The van der Waals surface area contributed by atoms with Crippen molar-refractivity contribution in [3.63, 3.8) is 0 Å². The molecule has 118 valence electrons. The number of ether oxygens (including phenoxy) is 1. The molecule has 1 aliphatic rings. The summed E-state index contributed by atoms with van der Waals surface area (Å²) in [5.41, 5.74) is 5.48. The van der Waals surface area contributed by atoms with Crippen LogP contribution in [-0.2, 0) is 16.4 Å². The number of hydrogen-bond acceptors (Lipinski definition) is 6. The quantitative estimate of drug-likeness (QED) is 0.549. The molecule has 0 amide bonds. The molecule has 7 nitrogen and oxygen atoms in total. The van der Waals surface area contributed by atoms with E-state index in [0.717, 1.165) is 12.0 Å². The Kier molecular flexibility index (Phi) is 4.43. The van der Waals surface area contributed by atoms with Crippen LogP contribution in [0.1, 0.15) is 18.9 Å². The first-order valence-corrected chi connectivity index (χ1v) is 8.10. The van der Waals surface area contributed by atoms with Gasteiger partial charge in [-0.15, -0.1) is 0 Å². The van der Waals surface area contributed by atoms with E-state index in [1.165, 1.54) is 13.0 Å².